The first-order valence-electron chi connectivity index (χ1n) is 19.9. The lowest BCUT2D eigenvalue weighted by atomic mass is 9.81. The second-order valence-corrected chi connectivity index (χ2v) is 14.8. The van der Waals surface area contributed by atoms with Crippen LogP contribution in [0.3, 0.4) is 0 Å². The highest BCUT2D eigenvalue weighted by molar-refractivity contribution is 5.91. The van der Waals surface area contributed by atoms with Crippen molar-refractivity contribution >= 4 is 23.9 Å². The quantitative estimate of drug-likeness (QED) is 0.134. The van der Waals surface area contributed by atoms with Gasteiger partial charge in [0, 0.05) is 6.42 Å². The average Bonchev–Trinajstić information content (AvgIpc) is 3.29. The minimum atomic E-state index is -1.72. The molecule has 4 saturated heterocycles. The van der Waals surface area contributed by atoms with Crippen LogP contribution in [0.25, 0.3) is 0 Å². The molecule has 12 atom stereocenters. The van der Waals surface area contributed by atoms with E-state index in [1.807, 2.05) is 6.92 Å². The summed E-state index contributed by atoms with van der Waals surface area (Å²) in [5.74, 6) is -4.93. The summed E-state index contributed by atoms with van der Waals surface area (Å²) in [4.78, 5) is 55.1. The topological polar surface area (TPSA) is 192 Å². The van der Waals surface area contributed by atoms with Crippen LogP contribution in [0.1, 0.15) is 67.6 Å². The maximum absolute atomic E-state index is 14.0. The van der Waals surface area contributed by atoms with Gasteiger partial charge in [-0.1, -0.05) is 86.1 Å². The fourth-order valence-corrected chi connectivity index (χ4v) is 7.79. The fourth-order valence-electron chi connectivity index (χ4n) is 7.79. The Bertz CT molecular complexity index is 2080. The number of ether oxygens (including phenoxy) is 9. The van der Waals surface area contributed by atoms with Gasteiger partial charge in [0.1, 0.15) is 49.3 Å². The van der Waals surface area contributed by atoms with Crippen molar-refractivity contribution in [1.82, 2.24) is 0 Å². The van der Waals surface area contributed by atoms with Crippen LogP contribution < -0.4 is 0 Å². The molecule has 4 aromatic rings. The summed E-state index contributed by atoms with van der Waals surface area (Å²) >= 11 is 0. The number of benzene rings is 4. The average molecular weight is 825 g/mol. The molecule has 60 heavy (non-hydrogen) atoms. The summed E-state index contributed by atoms with van der Waals surface area (Å²) in [6.45, 7) is 1.40. The summed E-state index contributed by atoms with van der Waals surface area (Å²) in [6.07, 6.45) is -13.8. The van der Waals surface area contributed by atoms with Gasteiger partial charge in [0.2, 0.25) is 0 Å². The Kier molecular flexibility index (Phi) is 12.4. The van der Waals surface area contributed by atoms with Crippen molar-refractivity contribution in [2.75, 3.05) is 6.61 Å². The van der Waals surface area contributed by atoms with Crippen molar-refractivity contribution in [3.8, 4) is 0 Å². The Morgan fingerprint density at radius 3 is 1.43 bits per heavy atom. The van der Waals surface area contributed by atoms with E-state index < -0.39 is 104 Å². The number of unbranched alkanes of at least 4 members (excludes halogenated alkanes) is 1. The molecule has 0 aromatic heterocycles. The number of rotatable bonds is 14. The third-order valence-corrected chi connectivity index (χ3v) is 10.8. The molecule has 0 amide bonds. The van der Waals surface area contributed by atoms with E-state index in [4.69, 9.17) is 42.6 Å². The highest BCUT2D eigenvalue weighted by Gasteiger charge is 2.68. The van der Waals surface area contributed by atoms with Crippen LogP contribution in [0.15, 0.2) is 121 Å². The Balaban J connectivity index is 1.19. The first-order chi connectivity index (χ1) is 29.1. The van der Waals surface area contributed by atoms with Crippen LogP contribution in [0, 0.1) is 0 Å². The van der Waals surface area contributed by atoms with Gasteiger partial charge in [-0.15, -0.1) is 0 Å². The lowest BCUT2D eigenvalue weighted by Gasteiger charge is -2.61. The predicted octanol–water partition coefficient (Wildman–Crippen LogP) is 4.39. The van der Waals surface area contributed by atoms with E-state index in [2.05, 4.69) is 0 Å². The highest BCUT2D eigenvalue weighted by Crippen LogP contribution is 2.49. The number of aliphatic hydroxyl groups excluding tert-OH is 2. The molecule has 5 fully saturated rings. The van der Waals surface area contributed by atoms with E-state index in [1.165, 1.54) is 36.4 Å². The molecule has 1 saturated carbocycles. The zero-order valence-corrected chi connectivity index (χ0v) is 32.4. The molecular formula is C45H44O15. The van der Waals surface area contributed by atoms with Gasteiger partial charge in [-0.05, 0) is 55.0 Å². The molecule has 4 aromatic carbocycles. The van der Waals surface area contributed by atoms with Crippen molar-refractivity contribution < 1.29 is 72.0 Å². The molecule has 4 aliphatic heterocycles. The Labute approximate surface area is 344 Å². The second-order valence-electron chi connectivity index (χ2n) is 14.8. The van der Waals surface area contributed by atoms with Gasteiger partial charge in [0.25, 0.3) is 5.97 Å². The number of carbonyl (C=O) groups excluding carboxylic acids is 4. The predicted molar refractivity (Wildman–Crippen MR) is 206 cm³/mol. The van der Waals surface area contributed by atoms with E-state index in [9.17, 15) is 29.4 Å². The van der Waals surface area contributed by atoms with Crippen LogP contribution in [0.4, 0.5) is 0 Å². The summed E-state index contributed by atoms with van der Waals surface area (Å²) in [5.41, 5.74) is 0.572. The second kappa shape index (κ2) is 18.0. The van der Waals surface area contributed by atoms with E-state index in [0.29, 0.717) is 12.8 Å². The number of carbonyl (C=O) groups is 4. The van der Waals surface area contributed by atoms with Crippen LogP contribution >= 0.6 is 0 Å². The molecule has 5 aliphatic rings. The Morgan fingerprint density at radius 2 is 0.967 bits per heavy atom. The maximum Gasteiger partial charge on any atom is 0.338 e. The first kappa shape index (κ1) is 41.2. The normalized spacial score (nSPS) is 31.5. The molecule has 2 N–H and O–H groups in total. The minimum absolute atomic E-state index is 0.112. The Morgan fingerprint density at radius 1 is 0.550 bits per heavy atom. The van der Waals surface area contributed by atoms with Crippen LogP contribution in [0.2, 0.25) is 0 Å². The molecule has 15 nitrogen and oxygen atoms in total. The van der Waals surface area contributed by atoms with Gasteiger partial charge in [0.15, 0.2) is 24.6 Å². The molecule has 4 heterocycles. The summed E-state index contributed by atoms with van der Waals surface area (Å²) in [5, 5.41) is 22.8. The summed E-state index contributed by atoms with van der Waals surface area (Å²) in [7, 11) is 0. The molecule has 9 rings (SSSR count). The van der Waals surface area contributed by atoms with Crippen molar-refractivity contribution in [1.29, 1.82) is 0 Å². The molecule has 1 aliphatic carbocycles. The van der Waals surface area contributed by atoms with Gasteiger partial charge in [-0.3, -0.25) is 0 Å². The SMILES string of the molecule is CCCCC12OC3[C@@H](O)[C@H](O1)C(O[C@H]1O[C@H](COC(=O)c4ccccc4)[C@@H](OC(=O)c4ccccc4)[C@H](OC(=O)c4ccccc4)[C@@H]1OC(=O)c1ccccc1)[C@H](O2)[C@H]3O. The number of hydrogen-bond acceptors (Lipinski definition) is 15. The third-order valence-electron chi connectivity index (χ3n) is 10.8. The number of hydrogen-bond donors (Lipinski definition) is 2. The Hall–Kier alpha value is -5.52. The smallest absolute Gasteiger partial charge is 0.338 e. The van der Waals surface area contributed by atoms with Gasteiger partial charge in [-0.25, -0.2) is 19.2 Å². The summed E-state index contributed by atoms with van der Waals surface area (Å²) < 4.78 is 55.6. The zero-order valence-electron chi connectivity index (χ0n) is 32.4. The van der Waals surface area contributed by atoms with Crippen molar-refractivity contribution in [2.45, 2.75) is 99.5 Å². The third kappa shape index (κ3) is 8.56. The van der Waals surface area contributed by atoms with E-state index in [0.717, 1.165) is 6.42 Å². The van der Waals surface area contributed by atoms with E-state index in [-0.39, 0.29) is 22.3 Å². The van der Waals surface area contributed by atoms with Gasteiger partial charge < -0.3 is 52.8 Å². The molecule has 0 spiro atoms. The lowest BCUT2D eigenvalue weighted by molar-refractivity contribution is -0.545. The standard InChI is InChI=1S/C45H44O15/c1-2-3-24-45-58-34-31(46)35(59-45)38(36(60-45)32(34)47)57-44-39(56-43(51)29-22-14-7-15-23-29)37(55-42(50)28-20-12-6-13-21-28)33(54-41(49)27-18-10-5-11-19-27)30(53-44)25-52-40(48)26-16-8-4-9-17-26/h4-23,30-39,44,46-47H,2-3,24-25H2,1H3/t30-,31-,32+,33-,34?,35+,36-,37+,38?,39+,44-,45?/m1/s1. The van der Waals surface area contributed by atoms with Gasteiger partial charge in [-0.2, -0.15) is 0 Å². The molecule has 4 bridgehead atoms. The minimum Gasteiger partial charge on any atom is -0.459 e. The van der Waals surface area contributed by atoms with Crippen molar-refractivity contribution in [2.24, 2.45) is 0 Å². The molecule has 314 valence electrons. The van der Waals surface area contributed by atoms with E-state index in [1.54, 1.807) is 84.9 Å². The van der Waals surface area contributed by atoms with Crippen molar-refractivity contribution in [3.63, 3.8) is 0 Å². The lowest BCUT2D eigenvalue weighted by Crippen LogP contribution is -2.79. The summed E-state index contributed by atoms with van der Waals surface area (Å²) in [6, 6.07) is 32.1. The van der Waals surface area contributed by atoms with Crippen LogP contribution in [0.5, 0.6) is 0 Å². The molecular weight excluding hydrogens is 780 g/mol. The van der Waals surface area contributed by atoms with Gasteiger partial charge in [0.05, 0.1) is 22.3 Å². The molecule has 15 heteroatoms. The van der Waals surface area contributed by atoms with E-state index >= 15 is 0 Å². The van der Waals surface area contributed by atoms with Gasteiger partial charge >= 0.3 is 23.9 Å². The number of aliphatic hydroxyl groups is 2. The first-order valence-corrected chi connectivity index (χ1v) is 19.9. The van der Waals surface area contributed by atoms with Crippen LogP contribution in [-0.2, 0) is 42.6 Å². The monoisotopic (exact) mass is 824 g/mol. The zero-order chi connectivity index (χ0) is 41.8. The molecule has 0 radical (unpaired) electrons. The highest BCUT2D eigenvalue weighted by atomic mass is 16.9. The fraction of sp³-hybridized carbons (Fsp3) is 0.378. The molecule has 3 unspecified atom stereocenters. The number of esters is 4. The maximum atomic E-state index is 14.0. The van der Waals surface area contributed by atoms with Crippen molar-refractivity contribution in [3.05, 3.63) is 144 Å². The van der Waals surface area contributed by atoms with Crippen LogP contribution in [-0.4, -0.2) is 114 Å². The largest absolute Gasteiger partial charge is 0.459 e.